The molecule has 1 saturated heterocycles. The van der Waals surface area contributed by atoms with Crippen molar-refractivity contribution in [2.75, 3.05) is 18.0 Å². The van der Waals surface area contributed by atoms with Gasteiger partial charge >= 0.3 is 0 Å². The van der Waals surface area contributed by atoms with E-state index in [-0.39, 0.29) is 29.5 Å². The summed E-state index contributed by atoms with van der Waals surface area (Å²) in [5, 5.41) is 0. The van der Waals surface area contributed by atoms with Gasteiger partial charge in [0, 0.05) is 42.6 Å². The van der Waals surface area contributed by atoms with Gasteiger partial charge in [-0.1, -0.05) is 26.0 Å². The Bertz CT molecular complexity index is 990. The third kappa shape index (κ3) is 4.45. The molecule has 2 aliphatic heterocycles. The van der Waals surface area contributed by atoms with Crippen molar-refractivity contribution in [2.24, 2.45) is 5.92 Å². The molecule has 0 saturated carbocycles. The van der Waals surface area contributed by atoms with Crippen LogP contribution >= 0.6 is 0 Å². The highest BCUT2D eigenvalue weighted by Gasteiger charge is 2.32. The molecular formula is C24H29FN4O2. The van der Waals surface area contributed by atoms with Crippen molar-refractivity contribution in [3.63, 3.8) is 0 Å². The maximum atomic E-state index is 13.3. The Hall–Kier alpha value is -2.83. The molecule has 31 heavy (non-hydrogen) atoms. The van der Waals surface area contributed by atoms with Crippen LogP contribution in [0.25, 0.3) is 0 Å². The number of piperidine rings is 1. The summed E-state index contributed by atoms with van der Waals surface area (Å²) in [6.07, 6.45) is 2.88. The molecule has 0 unspecified atom stereocenters. The van der Waals surface area contributed by atoms with Crippen LogP contribution in [-0.2, 0) is 22.6 Å². The normalized spacial score (nSPS) is 19.0. The maximum Gasteiger partial charge on any atom is 0.228 e. The van der Waals surface area contributed by atoms with Crippen LogP contribution in [0.1, 0.15) is 61.7 Å². The molecule has 2 amide bonds. The maximum absolute atomic E-state index is 13.3. The summed E-state index contributed by atoms with van der Waals surface area (Å²) in [4.78, 5) is 38.6. The van der Waals surface area contributed by atoms with Crippen molar-refractivity contribution in [3.8, 4) is 0 Å². The van der Waals surface area contributed by atoms with Crippen LogP contribution in [0.5, 0.6) is 0 Å². The molecule has 0 bridgehead atoms. The highest BCUT2D eigenvalue weighted by molar-refractivity contribution is 5.95. The number of rotatable bonds is 4. The van der Waals surface area contributed by atoms with E-state index in [1.165, 1.54) is 12.1 Å². The molecule has 1 aromatic heterocycles. The molecule has 2 aromatic rings. The van der Waals surface area contributed by atoms with Crippen LogP contribution in [0.3, 0.4) is 0 Å². The van der Waals surface area contributed by atoms with Crippen LogP contribution in [0, 0.1) is 18.7 Å². The topological polar surface area (TPSA) is 66.4 Å². The molecule has 1 fully saturated rings. The van der Waals surface area contributed by atoms with Gasteiger partial charge in [-0.3, -0.25) is 14.5 Å². The second-order valence-corrected chi connectivity index (χ2v) is 8.85. The Labute approximate surface area is 182 Å². The highest BCUT2D eigenvalue weighted by Crippen LogP contribution is 2.33. The van der Waals surface area contributed by atoms with Crippen molar-refractivity contribution in [2.45, 2.75) is 58.9 Å². The number of aromatic nitrogens is 2. The molecule has 4 rings (SSSR count). The number of anilines is 1. The van der Waals surface area contributed by atoms with E-state index < -0.39 is 0 Å². The summed E-state index contributed by atoms with van der Waals surface area (Å²) in [5.74, 6) is 1.27. The first-order valence-electron chi connectivity index (χ1n) is 11.0. The molecule has 0 radical (unpaired) electrons. The molecule has 1 atom stereocenters. The largest absolute Gasteiger partial charge is 0.342 e. The highest BCUT2D eigenvalue weighted by atomic mass is 19.1. The summed E-state index contributed by atoms with van der Waals surface area (Å²) in [7, 11) is 0. The van der Waals surface area contributed by atoms with Gasteiger partial charge in [0.15, 0.2) is 0 Å². The van der Waals surface area contributed by atoms with Crippen LogP contribution < -0.4 is 4.90 Å². The predicted molar refractivity (Wildman–Crippen MR) is 116 cm³/mol. The molecule has 6 nitrogen and oxygen atoms in total. The van der Waals surface area contributed by atoms with Crippen molar-refractivity contribution < 1.29 is 14.0 Å². The second kappa shape index (κ2) is 8.73. The lowest BCUT2D eigenvalue weighted by Gasteiger charge is -2.34. The van der Waals surface area contributed by atoms with Crippen LogP contribution in [0.2, 0.25) is 0 Å². The number of hydrogen-bond acceptors (Lipinski definition) is 4. The molecular weight excluding hydrogens is 395 g/mol. The van der Waals surface area contributed by atoms with E-state index in [4.69, 9.17) is 9.97 Å². The summed E-state index contributed by atoms with van der Waals surface area (Å²) in [6, 6.07) is 6.21. The summed E-state index contributed by atoms with van der Waals surface area (Å²) in [6.45, 7) is 7.54. The minimum atomic E-state index is -0.299. The summed E-state index contributed by atoms with van der Waals surface area (Å²) >= 11 is 0. The van der Waals surface area contributed by atoms with Gasteiger partial charge in [0.25, 0.3) is 0 Å². The van der Waals surface area contributed by atoms with Crippen molar-refractivity contribution in [3.05, 3.63) is 52.7 Å². The van der Waals surface area contributed by atoms with E-state index in [2.05, 4.69) is 0 Å². The van der Waals surface area contributed by atoms with Gasteiger partial charge in [-0.25, -0.2) is 14.4 Å². The fraction of sp³-hybridized carbons (Fsp3) is 0.500. The number of aryl methyl sites for hydroxylation is 1. The standard InChI is InChI=1S/C24H29FN4O2/c1-15(2)24(31)28-12-4-5-18(14-28)22-26-16(3)20-10-11-21(30)29(23(20)27-22)13-17-6-8-19(25)9-7-17/h6-9,15,18H,4-5,10-14H2,1-3H3/t18-/m1/s1. The first kappa shape index (κ1) is 21.4. The number of fused-ring (bicyclic) bond motifs is 1. The molecule has 164 valence electrons. The Morgan fingerprint density at radius 3 is 2.65 bits per heavy atom. The number of hydrogen-bond donors (Lipinski definition) is 0. The quantitative estimate of drug-likeness (QED) is 0.750. The van der Waals surface area contributed by atoms with Gasteiger partial charge in [-0.05, 0) is 43.9 Å². The third-order valence-corrected chi connectivity index (χ3v) is 6.20. The third-order valence-electron chi connectivity index (χ3n) is 6.20. The van der Waals surface area contributed by atoms with Gasteiger partial charge in [0.05, 0.1) is 6.54 Å². The smallest absolute Gasteiger partial charge is 0.228 e. The number of likely N-dealkylation sites (tertiary alicyclic amines) is 1. The van der Waals surface area contributed by atoms with E-state index in [1.807, 2.05) is 25.7 Å². The second-order valence-electron chi connectivity index (χ2n) is 8.85. The number of halogens is 1. The zero-order valence-corrected chi connectivity index (χ0v) is 18.4. The Kier molecular flexibility index (Phi) is 6.03. The van der Waals surface area contributed by atoms with Gasteiger partial charge in [-0.15, -0.1) is 0 Å². The van der Waals surface area contributed by atoms with Crippen LogP contribution in [0.4, 0.5) is 10.2 Å². The molecule has 0 aliphatic carbocycles. The number of amides is 2. The van der Waals surface area contributed by atoms with E-state index in [0.29, 0.717) is 37.6 Å². The molecule has 0 N–H and O–H groups in total. The number of carbonyl (C=O) groups is 2. The molecule has 3 heterocycles. The van der Waals surface area contributed by atoms with Gasteiger partial charge in [-0.2, -0.15) is 0 Å². The lowest BCUT2D eigenvalue weighted by atomic mass is 9.95. The number of benzene rings is 1. The van der Waals surface area contributed by atoms with Gasteiger partial charge < -0.3 is 4.90 Å². The van der Waals surface area contributed by atoms with Crippen LogP contribution in [-0.4, -0.2) is 39.8 Å². The van der Waals surface area contributed by atoms with E-state index in [1.54, 1.807) is 17.0 Å². The fourth-order valence-electron chi connectivity index (χ4n) is 4.47. The summed E-state index contributed by atoms with van der Waals surface area (Å²) in [5.41, 5.74) is 2.74. The van der Waals surface area contributed by atoms with Crippen molar-refractivity contribution in [1.29, 1.82) is 0 Å². The van der Waals surface area contributed by atoms with Crippen molar-refractivity contribution in [1.82, 2.24) is 14.9 Å². The van der Waals surface area contributed by atoms with Crippen molar-refractivity contribution >= 4 is 17.6 Å². The lowest BCUT2D eigenvalue weighted by molar-refractivity contribution is -0.135. The van der Waals surface area contributed by atoms with E-state index in [0.717, 1.165) is 36.2 Å². The Balaban J connectivity index is 1.64. The average molecular weight is 425 g/mol. The van der Waals surface area contributed by atoms with Crippen LogP contribution in [0.15, 0.2) is 24.3 Å². The predicted octanol–water partition coefficient (Wildman–Crippen LogP) is 3.77. The zero-order chi connectivity index (χ0) is 22.1. The molecule has 7 heteroatoms. The SMILES string of the molecule is Cc1nc([C@@H]2CCCN(C(=O)C(C)C)C2)nc2c1CCC(=O)N2Cc1ccc(F)cc1. The molecule has 0 spiro atoms. The summed E-state index contributed by atoms with van der Waals surface area (Å²) < 4.78 is 13.3. The number of carbonyl (C=O) groups excluding carboxylic acids is 2. The fourth-order valence-corrected chi connectivity index (χ4v) is 4.47. The minimum Gasteiger partial charge on any atom is -0.342 e. The molecule has 1 aromatic carbocycles. The van der Waals surface area contributed by atoms with Gasteiger partial charge in [0.2, 0.25) is 11.8 Å². The lowest BCUT2D eigenvalue weighted by Crippen LogP contribution is -2.42. The Morgan fingerprint density at radius 1 is 1.19 bits per heavy atom. The zero-order valence-electron chi connectivity index (χ0n) is 18.4. The van der Waals surface area contributed by atoms with E-state index >= 15 is 0 Å². The monoisotopic (exact) mass is 424 g/mol. The Morgan fingerprint density at radius 2 is 1.94 bits per heavy atom. The van der Waals surface area contributed by atoms with Gasteiger partial charge in [0.1, 0.15) is 17.5 Å². The average Bonchev–Trinajstić information content (AvgIpc) is 2.76. The number of nitrogens with zero attached hydrogens (tertiary/aromatic N) is 4. The van der Waals surface area contributed by atoms with E-state index in [9.17, 15) is 14.0 Å². The first-order valence-corrected chi connectivity index (χ1v) is 11.0. The first-order chi connectivity index (χ1) is 14.8. The minimum absolute atomic E-state index is 0.0149. The molecule has 2 aliphatic rings.